The molecule has 0 spiro atoms. The highest BCUT2D eigenvalue weighted by Crippen LogP contribution is 2.32. The molecule has 1 aliphatic rings. The molecule has 0 amide bonds. The van der Waals surface area contributed by atoms with Crippen molar-refractivity contribution in [1.29, 1.82) is 0 Å². The zero-order valence-electron chi connectivity index (χ0n) is 19.6. The zero-order valence-corrected chi connectivity index (χ0v) is 19.6. The molecule has 0 saturated carbocycles. The molecule has 1 saturated heterocycles. The minimum absolute atomic E-state index is 0.103. The number of likely N-dealkylation sites (tertiary alicyclic amines) is 1. The lowest BCUT2D eigenvalue weighted by atomic mass is 9.97. The Kier molecular flexibility index (Phi) is 7.55. The van der Waals surface area contributed by atoms with Gasteiger partial charge >= 0.3 is 0 Å². The molecule has 0 aliphatic carbocycles. The summed E-state index contributed by atoms with van der Waals surface area (Å²) in [4.78, 5) is 16.0. The second-order valence-electron chi connectivity index (χ2n) is 8.95. The summed E-state index contributed by atoms with van der Waals surface area (Å²) in [6, 6.07) is 10.7. The molecule has 2 aromatic carbocycles. The predicted molar refractivity (Wildman–Crippen MR) is 134 cm³/mol. The van der Waals surface area contributed by atoms with Gasteiger partial charge in [0.2, 0.25) is 0 Å². The first-order valence-electron chi connectivity index (χ1n) is 12.2. The number of carbonyl (C=O) groups is 1. The van der Waals surface area contributed by atoms with Crippen LogP contribution in [0.15, 0.2) is 40.8 Å². The fourth-order valence-corrected chi connectivity index (χ4v) is 4.55. The summed E-state index contributed by atoms with van der Waals surface area (Å²) in [6.45, 7) is 6.16. The molecule has 1 fully saturated rings. The third-order valence-corrected chi connectivity index (χ3v) is 6.37. The van der Waals surface area contributed by atoms with Crippen molar-refractivity contribution < 1.29 is 13.9 Å². The number of fused-ring (bicyclic) bond motifs is 1. The Balaban J connectivity index is 1.47. The summed E-state index contributed by atoms with van der Waals surface area (Å²) in [5.74, 6) is 1.23. The van der Waals surface area contributed by atoms with Crippen LogP contribution in [-0.4, -0.2) is 36.9 Å². The van der Waals surface area contributed by atoms with E-state index in [1.165, 1.54) is 32.4 Å². The van der Waals surface area contributed by atoms with Crippen LogP contribution < -0.4 is 16.2 Å². The number of ketones is 1. The van der Waals surface area contributed by atoms with Crippen molar-refractivity contribution in [3.63, 3.8) is 0 Å². The van der Waals surface area contributed by atoms with E-state index in [2.05, 4.69) is 11.8 Å². The number of ether oxygens (including phenoxy) is 1. The molecule has 6 heteroatoms. The van der Waals surface area contributed by atoms with Crippen molar-refractivity contribution >= 4 is 28.1 Å². The molecule has 3 aromatic rings. The highest BCUT2D eigenvalue weighted by Gasteiger charge is 2.22. The first kappa shape index (κ1) is 23.2. The molecule has 2 heterocycles. The van der Waals surface area contributed by atoms with Crippen molar-refractivity contribution in [2.75, 3.05) is 37.7 Å². The van der Waals surface area contributed by atoms with Gasteiger partial charge in [0.1, 0.15) is 17.1 Å². The summed E-state index contributed by atoms with van der Waals surface area (Å²) in [5, 5.41) is 0.753. The van der Waals surface area contributed by atoms with E-state index in [0.29, 0.717) is 52.6 Å². The zero-order chi connectivity index (χ0) is 23.2. The van der Waals surface area contributed by atoms with Crippen molar-refractivity contribution in [3.8, 4) is 5.75 Å². The van der Waals surface area contributed by atoms with E-state index >= 15 is 0 Å². The standard InChI is InChI=1S/C27H35N3O3/c1-2-3-8-25-26(21-18-20(28)10-12-23(21)33-25)27(31)19-9-11-24(22(29)17-19)32-16-7-15-30-13-5-4-6-14-30/h9-12,17-18H,2-8,13-16,28-29H2,1H3. The number of aryl methyl sites for hydroxylation is 1. The van der Waals surface area contributed by atoms with Crippen LogP contribution in [0.3, 0.4) is 0 Å². The second-order valence-corrected chi connectivity index (χ2v) is 8.95. The number of piperidine rings is 1. The van der Waals surface area contributed by atoms with E-state index < -0.39 is 0 Å². The smallest absolute Gasteiger partial charge is 0.197 e. The number of nitrogens with two attached hydrogens (primary N) is 2. The van der Waals surface area contributed by atoms with E-state index in [1.807, 2.05) is 12.1 Å². The molecule has 176 valence electrons. The van der Waals surface area contributed by atoms with Gasteiger partial charge in [-0.05, 0) is 75.2 Å². The molecular weight excluding hydrogens is 414 g/mol. The molecular formula is C27H35N3O3. The lowest BCUT2D eigenvalue weighted by Gasteiger charge is -2.26. The van der Waals surface area contributed by atoms with Crippen LogP contribution in [0.5, 0.6) is 5.75 Å². The molecule has 0 radical (unpaired) electrons. The predicted octanol–water partition coefficient (Wildman–Crippen LogP) is 5.43. The van der Waals surface area contributed by atoms with E-state index in [1.54, 1.807) is 24.3 Å². The highest BCUT2D eigenvalue weighted by molar-refractivity contribution is 6.17. The van der Waals surface area contributed by atoms with Crippen molar-refractivity contribution in [1.82, 2.24) is 4.90 Å². The van der Waals surface area contributed by atoms with Crippen molar-refractivity contribution in [2.45, 2.75) is 51.9 Å². The summed E-state index contributed by atoms with van der Waals surface area (Å²) in [7, 11) is 0. The van der Waals surface area contributed by atoms with E-state index in [0.717, 1.165) is 31.2 Å². The van der Waals surface area contributed by atoms with Crippen LogP contribution in [0.2, 0.25) is 0 Å². The van der Waals surface area contributed by atoms with Gasteiger partial charge in [-0.1, -0.05) is 19.8 Å². The number of rotatable bonds is 10. The molecule has 1 aliphatic heterocycles. The number of carbonyl (C=O) groups excluding carboxylic acids is 1. The van der Waals surface area contributed by atoms with Gasteiger partial charge in [0.05, 0.1) is 17.9 Å². The molecule has 0 bridgehead atoms. The topological polar surface area (TPSA) is 94.7 Å². The Morgan fingerprint density at radius 3 is 2.64 bits per heavy atom. The molecule has 4 N–H and O–H groups in total. The lowest BCUT2D eigenvalue weighted by molar-refractivity contribution is 0.103. The molecule has 4 rings (SSSR count). The number of hydrogen-bond donors (Lipinski definition) is 2. The molecule has 1 aromatic heterocycles. The first-order valence-corrected chi connectivity index (χ1v) is 12.2. The average Bonchev–Trinajstić information content (AvgIpc) is 3.18. The van der Waals surface area contributed by atoms with Crippen LogP contribution in [0, 0.1) is 0 Å². The number of nitrogens with zero attached hydrogens (tertiary/aromatic N) is 1. The summed E-state index contributed by atoms with van der Waals surface area (Å²) in [5.41, 5.74) is 15.1. The maximum atomic E-state index is 13.5. The van der Waals surface area contributed by atoms with Gasteiger partial charge < -0.3 is 25.5 Å². The van der Waals surface area contributed by atoms with E-state index in [-0.39, 0.29) is 5.78 Å². The summed E-state index contributed by atoms with van der Waals surface area (Å²) < 4.78 is 12.0. The van der Waals surface area contributed by atoms with E-state index in [9.17, 15) is 4.79 Å². The average molecular weight is 450 g/mol. The minimum Gasteiger partial charge on any atom is -0.491 e. The van der Waals surface area contributed by atoms with Gasteiger partial charge in [-0.25, -0.2) is 0 Å². The van der Waals surface area contributed by atoms with Crippen LogP contribution in [-0.2, 0) is 6.42 Å². The largest absolute Gasteiger partial charge is 0.491 e. The van der Waals surface area contributed by atoms with Gasteiger partial charge in [0, 0.05) is 29.6 Å². The van der Waals surface area contributed by atoms with Gasteiger partial charge in [-0.15, -0.1) is 0 Å². The Hall–Kier alpha value is -2.99. The third kappa shape index (κ3) is 5.50. The number of hydrogen-bond acceptors (Lipinski definition) is 6. The Labute approximate surface area is 195 Å². The Bertz CT molecular complexity index is 1100. The quantitative estimate of drug-likeness (QED) is 0.244. The van der Waals surface area contributed by atoms with Crippen LogP contribution >= 0.6 is 0 Å². The Morgan fingerprint density at radius 2 is 1.88 bits per heavy atom. The SMILES string of the molecule is CCCCc1oc2ccc(N)cc2c1C(=O)c1ccc(OCCCN2CCCCC2)c(N)c1. The first-order chi connectivity index (χ1) is 16.1. The van der Waals surface area contributed by atoms with Gasteiger partial charge in [0.15, 0.2) is 5.78 Å². The molecule has 33 heavy (non-hydrogen) atoms. The van der Waals surface area contributed by atoms with Crippen molar-refractivity contribution in [3.05, 3.63) is 53.3 Å². The highest BCUT2D eigenvalue weighted by atomic mass is 16.5. The monoisotopic (exact) mass is 449 g/mol. The summed E-state index contributed by atoms with van der Waals surface area (Å²) >= 11 is 0. The van der Waals surface area contributed by atoms with Crippen LogP contribution in [0.25, 0.3) is 11.0 Å². The third-order valence-electron chi connectivity index (χ3n) is 6.37. The minimum atomic E-state index is -0.103. The number of unbranched alkanes of at least 4 members (excludes halogenated alkanes) is 1. The number of furan rings is 1. The van der Waals surface area contributed by atoms with Crippen molar-refractivity contribution in [2.24, 2.45) is 0 Å². The molecule has 0 atom stereocenters. The van der Waals surface area contributed by atoms with Gasteiger partial charge in [-0.3, -0.25) is 4.79 Å². The number of benzene rings is 2. The number of anilines is 2. The van der Waals surface area contributed by atoms with Crippen LogP contribution in [0.1, 0.15) is 67.1 Å². The normalized spacial score (nSPS) is 14.6. The van der Waals surface area contributed by atoms with Gasteiger partial charge in [-0.2, -0.15) is 0 Å². The fourth-order valence-electron chi connectivity index (χ4n) is 4.55. The maximum absolute atomic E-state index is 13.5. The maximum Gasteiger partial charge on any atom is 0.197 e. The van der Waals surface area contributed by atoms with Gasteiger partial charge in [0.25, 0.3) is 0 Å². The van der Waals surface area contributed by atoms with E-state index in [4.69, 9.17) is 20.6 Å². The second kappa shape index (κ2) is 10.8. The summed E-state index contributed by atoms with van der Waals surface area (Å²) in [6.07, 6.45) is 7.56. The fraction of sp³-hybridized carbons (Fsp3) is 0.444. The number of nitrogen functional groups attached to an aromatic ring is 2. The molecule has 6 nitrogen and oxygen atoms in total. The Morgan fingerprint density at radius 1 is 1.06 bits per heavy atom. The lowest BCUT2D eigenvalue weighted by Crippen LogP contribution is -2.31. The molecule has 0 unspecified atom stereocenters. The van der Waals surface area contributed by atoms with Crippen LogP contribution in [0.4, 0.5) is 11.4 Å².